The van der Waals surface area contributed by atoms with Gasteiger partial charge in [-0.05, 0) is 42.9 Å². The molecular weight excluding hydrogens is 344 g/mol. The summed E-state index contributed by atoms with van der Waals surface area (Å²) in [7, 11) is 0. The van der Waals surface area contributed by atoms with Gasteiger partial charge >= 0.3 is 11.9 Å². The molecule has 0 bridgehead atoms. The van der Waals surface area contributed by atoms with Crippen molar-refractivity contribution < 1.29 is 19.8 Å². The molecule has 0 spiro atoms. The van der Waals surface area contributed by atoms with E-state index < -0.39 is 11.9 Å². The lowest BCUT2D eigenvalue weighted by molar-refractivity contribution is -0.138. The topological polar surface area (TPSA) is 74.6 Å². The molecule has 134 valence electrons. The highest BCUT2D eigenvalue weighted by atomic mass is 32.2. The minimum atomic E-state index is -0.735. The Bertz CT molecular complexity index is 506. The SMILES string of the molecule is O=C(O)CCCCCCCSc1ccccc1SCCCC(=O)O. The van der Waals surface area contributed by atoms with Crippen molar-refractivity contribution in [3.8, 4) is 0 Å². The molecule has 0 heterocycles. The number of carboxylic acids is 2. The van der Waals surface area contributed by atoms with E-state index in [1.807, 2.05) is 23.9 Å². The second kappa shape index (κ2) is 13.2. The van der Waals surface area contributed by atoms with E-state index in [0.717, 1.165) is 43.6 Å². The van der Waals surface area contributed by atoms with Gasteiger partial charge in [0, 0.05) is 22.6 Å². The van der Waals surface area contributed by atoms with E-state index in [2.05, 4.69) is 12.1 Å². The Balaban J connectivity index is 2.18. The monoisotopic (exact) mass is 370 g/mol. The van der Waals surface area contributed by atoms with Crippen LogP contribution in [0.5, 0.6) is 0 Å². The predicted octanol–water partition coefficient (Wildman–Crippen LogP) is 5.16. The Labute approximate surface area is 152 Å². The van der Waals surface area contributed by atoms with Crippen LogP contribution in [0, 0.1) is 0 Å². The zero-order valence-electron chi connectivity index (χ0n) is 13.9. The van der Waals surface area contributed by atoms with Crippen molar-refractivity contribution in [3.63, 3.8) is 0 Å². The summed E-state index contributed by atoms with van der Waals surface area (Å²) in [4.78, 5) is 23.5. The molecule has 0 radical (unpaired) electrons. The molecule has 1 rings (SSSR count). The summed E-state index contributed by atoms with van der Waals surface area (Å²) in [5.74, 6) is 0.448. The quantitative estimate of drug-likeness (QED) is 0.348. The molecule has 1 aromatic rings. The van der Waals surface area contributed by atoms with Crippen molar-refractivity contribution in [2.45, 2.75) is 61.2 Å². The molecule has 0 fully saturated rings. The standard InChI is InChI=1S/C18H26O4S2/c19-17(20)11-4-2-1-3-7-13-23-15-9-5-6-10-16(15)24-14-8-12-18(21)22/h5-6,9-10H,1-4,7-8,11-14H2,(H,19,20)(H,21,22). The maximum Gasteiger partial charge on any atom is 0.303 e. The fraction of sp³-hybridized carbons (Fsp3) is 0.556. The fourth-order valence-electron chi connectivity index (χ4n) is 2.18. The fourth-order valence-corrected chi connectivity index (χ4v) is 4.39. The number of thioether (sulfide) groups is 2. The van der Waals surface area contributed by atoms with Crippen molar-refractivity contribution >= 4 is 35.5 Å². The molecule has 4 nitrogen and oxygen atoms in total. The van der Waals surface area contributed by atoms with Crippen LogP contribution in [0.2, 0.25) is 0 Å². The molecule has 1 aromatic carbocycles. The molecule has 0 aliphatic carbocycles. The Hall–Kier alpha value is -1.14. The first-order valence-electron chi connectivity index (χ1n) is 8.38. The van der Waals surface area contributed by atoms with Crippen molar-refractivity contribution in [2.75, 3.05) is 11.5 Å². The Morgan fingerprint density at radius 3 is 1.75 bits per heavy atom. The highest BCUT2D eigenvalue weighted by Crippen LogP contribution is 2.31. The third-order valence-electron chi connectivity index (χ3n) is 3.43. The number of carbonyl (C=O) groups is 2. The van der Waals surface area contributed by atoms with Crippen LogP contribution >= 0.6 is 23.5 Å². The summed E-state index contributed by atoms with van der Waals surface area (Å²) in [6.07, 6.45) is 6.34. The number of carboxylic acid groups (broad SMARTS) is 2. The molecule has 0 atom stereocenters. The molecule has 0 aromatic heterocycles. The lowest BCUT2D eigenvalue weighted by atomic mass is 10.1. The lowest BCUT2D eigenvalue weighted by Gasteiger charge is -2.08. The van der Waals surface area contributed by atoms with Gasteiger partial charge in [-0.3, -0.25) is 9.59 Å². The molecule has 0 saturated heterocycles. The number of aliphatic carboxylic acids is 2. The molecule has 0 amide bonds. The van der Waals surface area contributed by atoms with Crippen LogP contribution in [0.15, 0.2) is 34.1 Å². The summed E-state index contributed by atoms with van der Waals surface area (Å²) in [5, 5.41) is 17.2. The smallest absolute Gasteiger partial charge is 0.303 e. The third-order valence-corrected chi connectivity index (χ3v) is 5.88. The first kappa shape index (κ1) is 20.9. The number of rotatable bonds is 14. The van der Waals surface area contributed by atoms with E-state index >= 15 is 0 Å². The summed E-state index contributed by atoms with van der Waals surface area (Å²) in [5.41, 5.74) is 0. The van der Waals surface area contributed by atoms with Crippen molar-refractivity contribution in [2.24, 2.45) is 0 Å². The van der Waals surface area contributed by atoms with Gasteiger partial charge in [-0.2, -0.15) is 0 Å². The maximum absolute atomic E-state index is 10.5. The van der Waals surface area contributed by atoms with Crippen molar-refractivity contribution in [1.29, 1.82) is 0 Å². The molecule has 24 heavy (non-hydrogen) atoms. The summed E-state index contributed by atoms with van der Waals surface area (Å²) in [6.45, 7) is 0. The van der Waals surface area contributed by atoms with Crippen LogP contribution < -0.4 is 0 Å². The van der Waals surface area contributed by atoms with Crippen LogP contribution in [0.3, 0.4) is 0 Å². The van der Waals surface area contributed by atoms with Gasteiger partial charge in [-0.25, -0.2) is 0 Å². The number of benzene rings is 1. The van der Waals surface area contributed by atoms with E-state index in [1.54, 1.807) is 11.8 Å². The second-order valence-electron chi connectivity index (χ2n) is 5.55. The zero-order chi connectivity index (χ0) is 17.6. The van der Waals surface area contributed by atoms with Gasteiger partial charge in [0.25, 0.3) is 0 Å². The van der Waals surface area contributed by atoms with Crippen LogP contribution in [0.25, 0.3) is 0 Å². The Morgan fingerprint density at radius 1 is 0.708 bits per heavy atom. The lowest BCUT2D eigenvalue weighted by Crippen LogP contribution is -1.95. The number of unbranched alkanes of at least 4 members (excludes halogenated alkanes) is 4. The second-order valence-corrected chi connectivity index (χ2v) is 7.83. The maximum atomic E-state index is 10.5. The highest BCUT2D eigenvalue weighted by molar-refractivity contribution is 8.02. The van der Waals surface area contributed by atoms with Crippen LogP contribution in [0.4, 0.5) is 0 Å². The Kier molecular flexibility index (Phi) is 11.5. The van der Waals surface area contributed by atoms with Gasteiger partial charge in [0.2, 0.25) is 0 Å². The van der Waals surface area contributed by atoms with E-state index in [0.29, 0.717) is 6.42 Å². The molecular formula is C18H26O4S2. The molecule has 0 unspecified atom stereocenters. The van der Waals surface area contributed by atoms with Crippen LogP contribution in [0.1, 0.15) is 51.4 Å². The van der Waals surface area contributed by atoms with Crippen molar-refractivity contribution in [1.82, 2.24) is 0 Å². The van der Waals surface area contributed by atoms with Gasteiger partial charge in [0.05, 0.1) is 0 Å². The van der Waals surface area contributed by atoms with Gasteiger partial charge in [-0.1, -0.05) is 31.4 Å². The summed E-state index contributed by atoms with van der Waals surface area (Å²) >= 11 is 3.58. The minimum absolute atomic E-state index is 0.226. The van der Waals surface area contributed by atoms with E-state index in [4.69, 9.17) is 10.2 Å². The summed E-state index contributed by atoms with van der Waals surface area (Å²) < 4.78 is 0. The summed E-state index contributed by atoms with van der Waals surface area (Å²) in [6, 6.07) is 8.28. The van der Waals surface area contributed by atoms with Gasteiger partial charge in [0.15, 0.2) is 0 Å². The van der Waals surface area contributed by atoms with Crippen LogP contribution in [-0.4, -0.2) is 33.7 Å². The normalized spacial score (nSPS) is 10.7. The minimum Gasteiger partial charge on any atom is -0.481 e. The van der Waals surface area contributed by atoms with Gasteiger partial charge in [0.1, 0.15) is 0 Å². The number of hydrogen-bond acceptors (Lipinski definition) is 4. The average molecular weight is 371 g/mol. The van der Waals surface area contributed by atoms with E-state index in [9.17, 15) is 9.59 Å². The first-order chi connectivity index (χ1) is 11.6. The van der Waals surface area contributed by atoms with Gasteiger partial charge in [-0.15, -0.1) is 23.5 Å². The number of hydrogen-bond donors (Lipinski definition) is 2. The molecule has 0 saturated carbocycles. The van der Waals surface area contributed by atoms with Crippen LogP contribution in [-0.2, 0) is 9.59 Å². The zero-order valence-corrected chi connectivity index (χ0v) is 15.5. The third kappa shape index (κ3) is 10.6. The van der Waals surface area contributed by atoms with Crippen molar-refractivity contribution in [3.05, 3.63) is 24.3 Å². The predicted molar refractivity (Wildman–Crippen MR) is 100 cm³/mol. The highest BCUT2D eigenvalue weighted by Gasteiger charge is 2.04. The first-order valence-corrected chi connectivity index (χ1v) is 10.3. The largest absolute Gasteiger partial charge is 0.481 e. The molecule has 0 aliphatic heterocycles. The molecule has 0 aliphatic rings. The van der Waals surface area contributed by atoms with E-state index in [1.165, 1.54) is 9.79 Å². The molecule has 6 heteroatoms. The average Bonchev–Trinajstić information content (AvgIpc) is 2.54. The Morgan fingerprint density at radius 2 is 1.17 bits per heavy atom. The molecule has 2 N–H and O–H groups in total. The van der Waals surface area contributed by atoms with Gasteiger partial charge < -0.3 is 10.2 Å². The van der Waals surface area contributed by atoms with E-state index in [-0.39, 0.29) is 12.8 Å².